The molecule has 1 aliphatic rings. The van der Waals surface area contributed by atoms with Crippen LogP contribution in [-0.4, -0.2) is 15.9 Å². The average molecular weight is 285 g/mol. The Morgan fingerprint density at radius 3 is 2.75 bits per heavy atom. The lowest BCUT2D eigenvalue weighted by Crippen LogP contribution is -2.35. The van der Waals surface area contributed by atoms with Gasteiger partial charge in [0.25, 0.3) is 0 Å². The van der Waals surface area contributed by atoms with Crippen molar-refractivity contribution in [1.29, 1.82) is 0 Å². The van der Waals surface area contributed by atoms with Crippen molar-refractivity contribution in [3.8, 4) is 0 Å². The first-order valence-corrected chi connectivity index (χ1v) is 6.91. The molecule has 20 heavy (non-hydrogen) atoms. The Morgan fingerprint density at radius 2 is 2.10 bits per heavy atom. The van der Waals surface area contributed by atoms with Crippen LogP contribution in [0.1, 0.15) is 18.5 Å². The molecule has 102 valence electrons. The fourth-order valence-corrected chi connectivity index (χ4v) is 2.66. The normalized spacial score (nSPS) is 15.8. The van der Waals surface area contributed by atoms with E-state index in [1.807, 2.05) is 37.3 Å². The molecule has 0 unspecified atom stereocenters. The minimum atomic E-state index is -0.645. The third kappa shape index (κ3) is 2.04. The molecule has 0 bridgehead atoms. The van der Waals surface area contributed by atoms with Crippen LogP contribution in [0.3, 0.4) is 0 Å². The first kappa shape index (κ1) is 13.0. The first-order valence-electron chi connectivity index (χ1n) is 6.51. The van der Waals surface area contributed by atoms with Gasteiger partial charge in [0, 0.05) is 11.1 Å². The number of nitrogens with zero attached hydrogens (tertiary/aromatic N) is 1. The number of nitrogens with one attached hydrogen (secondary N) is 1. The highest BCUT2D eigenvalue weighted by Gasteiger charge is 2.52. The van der Waals surface area contributed by atoms with Crippen LogP contribution in [0.25, 0.3) is 10.9 Å². The van der Waals surface area contributed by atoms with Crippen LogP contribution in [0.5, 0.6) is 0 Å². The van der Waals surface area contributed by atoms with Gasteiger partial charge in [-0.05, 0) is 31.9 Å². The zero-order chi connectivity index (χ0) is 14.3. The van der Waals surface area contributed by atoms with Crippen molar-refractivity contribution in [2.45, 2.75) is 19.8 Å². The minimum Gasteiger partial charge on any atom is -0.392 e. The first-order chi connectivity index (χ1) is 9.53. The number of rotatable bonds is 3. The largest absolute Gasteiger partial charge is 0.392 e. The molecule has 1 heterocycles. The Morgan fingerprint density at radius 1 is 1.40 bits per heavy atom. The standard InChI is InChI=1S/C15H15N3OS/c1-9-8-12(10-4-2-3-5-11(10)17-9)18-14(19)15(6-7-15)13(16)20/h2-5,8H,6-7H2,1H3,(H2,16,20)(H,17,18,19). The highest BCUT2D eigenvalue weighted by molar-refractivity contribution is 7.80. The summed E-state index contributed by atoms with van der Waals surface area (Å²) in [6, 6.07) is 9.60. The second kappa shape index (κ2) is 4.52. The molecule has 1 aromatic carbocycles. The second-order valence-electron chi connectivity index (χ2n) is 5.23. The lowest BCUT2D eigenvalue weighted by Gasteiger charge is -2.15. The van der Waals surface area contributed by atoms with Crippen molar-refractivity contribution in [3.63, 3.8) is 0 Å². The molecule has 0 radical (unpaired) electrons. The van der Waals surface area contributed by atoms with E-state index in [1.54, 1.807) is 0 Å². The third-order valence-corrected chi connectivity index (χ3v) is 4.14. The zero-order valence-electron chi connectivity index (χ0n) is 11.1. The van der Waals surface area contributed by atoms with Gasteiger partial charge in [-0.25, -0.2) is 0 Å². The van der Waals surface area contributed by atoms with E-state index in [9.17, 15) is 4.79 Å². The number of aromatic nitrogens is 1. The number of carbonyl (C=O) groups is 1. The summed E-state index contributed by atoms with van der Waals surface area (Å²) in [6.45, 7) is 1.91. The van der Waals surface area contributed by atoms with E-state index in [1.165, 1.54) is 0 Å². The van der Waals surface area contributed by atoms with Crippen LogP contribution in [0, 0.1) is 12.3 Å². The maximum absolute atomic E-state index is 12.4. The van der Waals surface area contributed by atoms with Gasteiger partial charge in [0.05, 0.1) is 21.6 Å². The number of carbonyl (C=O) groups excluding carboxylic acids is 1. The summed E-state index contributed by atoms with van der Waals surface area (Å²) < 4.78 is 0. The fraction of sp³-hybridized carbons (Fsp3) is 0.267. The van der Waals surface area contributed by atoms with Gasteiger partial charge in [-0.15, -0.1) is 0 Å². The summed E-state index contributed by atoms with van der Waals surface area (Å²) in [5.41, 5.74) is 7.53. The summed E-state index contributed by atoms with van der Waals surface area (Å²) in [5, 5.41) is 3.88. The van der Waals surface area contributed by atoms with Gasteiger partial charge >= 0.3 is 0 Å². The van der Waals surface area contributed by atoms with E-state index in [0.717, 1.165) is 35.1 Å². The molecule has 0 saturated heterocycles. The summed E-state index contributed by atoms with van der Waals surface area (Å²) in [5.74, 6) is -0.110. The van der Waals surface area contributed by atoms with Crippen LogP contribution in [-0.2, 0) is 4.79 Å². The summed E-state index contributed by atoms with van der Waals surface area (Å²) in [6.07, 6.45) is 1.46. The molecule has 0 atom stereocenters. The van der Waals surface area contributed by atoms with E-state index in [-0.39, 0.29) is 10.9 Å². The molecule has 1 aromatic heterocycles. The highest BCUT2D eigenvalue weighted by atomic mass is 32.1. The molecule has 0 spiro atoms. The quantitative estimate of drug-likeness (QED) is 0.850. The number of nitrogens with two attached hydrogens (primary N) is 1. The Balaban J connectivity index is 1.99. The summed E-state index contributed by atoms with van der Waals surface area (Å²) >= 11 is 5.01. The molecule has 4 nitrogen and oxygen atoms in total. The number of para-hydroxylation sites is 1. The van der Waals surface area contributed by atoms with Crippen molar-refractivity contribution in [1.82, 2.24) is 4.98 Å². The third-order valence-electron chi connectivity index (χ3n) is 3.75. The van der Waals surface area contributed by atoms with E-state index in [4.69, 9.17) is 18.0 Å². The van der Waals surface area contributed by atoms with Gasteiger partial charge in [-0.2, -0.15) is 0 Å². The van der Waals surface area contributed by atoms with Gasteiger partial charge in [0.15, 0.2) is 0 Å². The molecule has 1 fully saturated rings. The Hall–Kier alpha value is -2.01. The molecule has 3 N–H and O–H groups in total. The van der Waals surface area contributed by atoms with Gasteiger partial charge in [-0.1, -0.05) is 30.4 Å². The molecule has 1 aliphatic carbocycles. The Bertz CT molecular complexity index is 722. The predicted octanol–water partition coefficient (Wildman–Crippen LogP) is 2.55. The predicted molar refractivity (Wildman–Crippen MR) is 83.6 cm³/mol. The number of hydrogen-bond acceptors (Lipinski definition) is 3. The number of benzene rings is 1. The molecule has 0 aliphatic heterocycles. The Kier molecular flexibility index (Phi) is 2.94. The van der Waals surface area contributed by atoms with Gasteiger partial charge in [-0.3, -0.25) is 9.78 Å². The van der Waals surface area contributed by atoms with Gasteiger partial charge in [0.2, 0.25) is 5.91 Å². The SMILES string of the molecule is Cc1cc(NC(=O)C2(C(N)=S)CC2)c2ccccc2n1. The fourth-order valence-electron chi connectivity index (χ4n) is 2.36. The van der Waals surface area contributed by atoms with Crippen molar-refractivity contribution in [2.75, 3.05) is 5.32 Å². The van der Waals surface area contributed by atoms with Gasteiger partial charge < -0.3 is 11.1 Å². The number of hydrogen-bond donors (Lipinski definition) is 2. The van der Waals surface area contributed by atoms with Crippen molar-refractivity contribution in [2.24, 2.45) is 11.1 Å². The van der Waals surface area contributed by atoms with E-state index >= 15 is 0 Å². The molecule has 5 heteroatoms. The highest BCUT2D eigenvalue weighted by Crippen LogP contribution is 2.47. The number of amides is 1. The lowest BCUT2D eigenvalue weighted by atomic mass is 10.1. The lowest BCUT2D eigenvalue weighted by molar-refractivity contribution is -0.118. The van der Waals surface area contributed by atoms with Crippen molar-refractivity contribution in [3.05, 3.63) is 36.0 Å². The number of fused-ring (bicyclic) bond motifs is 1. The molecule has 1 saturated carbocycles. The zero-order valence-corrected chi connectivity index (χ0v) is 12.0. The number of anilines is 1. The second-order valence-corrected chi connectivity index (χ2v) is 5.67. The average Bonchev–Trinajstić information content (AvgIpc) is 3.19. The maximum Gasteiger partial charge on any atom is 0.237 e. The minimum absolute atomic E-state index is 0.110. The molecular weight excluding hydrogens is 270 g/mol. The van der Waals surface area contributed by atoms with Crippen LogP contribution in [0.15, 0.2) is 30.3 Å². The Labute approximate surface area is 122 Å². The summed E-state index contributed by atoms with van der Waals surface area (Å²) in [7, 11) is 0. The number of aryl methyl sites for hydroxylation is 1. The molecule has 3 rings (SSSR count). The van der Waals surface area contributed by atoms with Gasteiger partial charge in [0.1, 0.15) is 0 Å². The topological polar surface area (TPSA) is 68.0 Å². The van der Waals surface area contributed by atoms with Crippen LogP contribution in [0.4, 0.5) is 5.69 Å². The van der Waals surface area contributed by atoms with Crippen molar-refractivity contribution < 1.29 is 4.79 Å². The van der Waals surface area contributed by atoms with Crippen LogP contribution in [0.2, 0.25) is 0 Å². The number of pyridine rings is 1. The molecular formula is C15H15N3OS. The maximum atomic E-state index is 12.4. The van der Waals surface area contributed by atoms with E-state index < -0.39 is 5.41 Å². The van der Waals surface area contributed by atoms with Crippen LogP contribution < -0.4 is 11.1 Å². The van der Waals surface area contributed by atoms with E-state index in [2.05, 4.69) is 10.3 Å². The molecule has 1 amide bonds. The molecule has 2 aromatic rings. The van der Waals surface area contributed by atoms with Crippen molar-refractivity contribution >= 4 is 39.7 Å². The monoisotopic (exact) mass is 285 g/mol. The van der Waals surface area contributed by atoms with E-state index in [0.29, 0.717) is 0 Å². The number of thiocarbonyl (C=S) groups is 1. The van der Waals surface area contributed by atoms with Crippen LogP contribution >= 0.6 is 12.2 Å². The smallest absolute Gasteiger partial charge is 0.237 e. The summed E-state index contributed by atoms with van der Waals surface area (Å²) in [4.78, 5) is 17.1.